The molecule has 2 amide bonds. The zero-order valence-electron chi connectivity index (χ0n) is 25.4. The molecule has 3 aliphatic rings. The van der Waals surface area contributed by atoms with Crippen LogP contribution in [-0.4, -0.2) is 81.0 Å². The van der Waals surface area contributed by atoms with Crippen LogP contribution in [0.4, 0.5) is 0 Å². The molecule has 2 N–H and O–H groups in total. The molecule has 2 fully saturated rings. The van der Waals surface area contributed by atoms with Crippen LogP contribution in [0.1, 0.15) is 49.7 Å². The van der Waals surface area contributed by atoms with E-state index in [1.165, 1.54) is 0 Å². The predicted molar refractivity (Wildman–Crippen MR) is 166 cm³/mol. The molecule has 3 atom stereocenters. The van der Waals surface area contributed by atoms with E-state index < -0.39 is 6.04 Å². The average molecular weight is 615 g/mol. The van der Waals surface area contributed by atoms with Gasteiger partial charge in [0.05, 0.1) is 46.2 Å². The van der Waals surface area contributed by atoms with Crippen LogP contribution in [-0.2, 0) is 16.0 Å². The minimum atomic E-state index is -0.672. The summed E-state index contributed by atoms with van der Waals surface area (Å²) in [4.78, 5) is 28.8. The van der Waals surface area contributed by atoms with Gasteiger partial charge in [-0.2, -0.15) is 5.10 Å². The third kappa shape index (κ3) is 6.70. The highest BCUT2D eigenvalue weighted by Crippen LogP contribution is 2.40. The number of ether oxygens (including phenoxy) is 4. The van der Waals surface area contributed by atoms with Crippen LogP contribution in [0.15, 0.2) is 41.5 Å². The first-order chi connectivity index (χ1) is 20.4. The summed E-state index contributed by atoms with van der Waals surface area (Å²) in [5.74, 6) is 2.58. The molecule has 0 unspecified atom stereocenters. The maximum absolute atomic E-state index is 13.7. The van der Waals surface area contributed by atoms with E-state index in [-0.39, 0.29) is 42.1 Å². The molecular weight excluding hydrogens is 572 g/mol. The highest BCUT2D eigenvalue weighted by atomic mass is 35.5. The first kappa shape index (κ1) is 32.4. The Labute approximate surface area is 259 Å². The quantitative estimate of drug-likeness (QED) is 0.453. The summed E-state index contributed by atoms with van der Waals surface area (Å²) in [6.07, 6.45) is 5.65. The number of hydrogen-bond donors (Lipinski definition) is 1. The minimum absolute atomic E-state index is 0. The number of nitrogens with zero attached hydrogens (tertiary/aromatic N) is 3. The number of benzene rings is 2. The monoisotopic (exact) mass is 614 g/mol. The molecule has 0 spiro atoms. The number of likely N-dealkylation sites (tertiary alicyclic amines) is 1. The van der Waals surface area contributed by atoms with Gasteiger partial charge in [-0.3, -0.25) is 9.59 Å². The summed E-state index contributed by atoms with van der Waals surface area (Å²) >= 11 is 0. The van der Waals surface area contributed by atoms with Crippen molar-refractivity contribution < 1.29 is 28.5 Å². The van der Waals surface area contributed by atoms with Gasteiger partial charge in [0.25, 0.3) is 0 Å². The molecule has 0 bridgehead atoms. The maximum atomic E-state index is 13.7. The van der Waals surface area contributed by atoms with E-state index in [0.29, 0.717) is 55.4 Å². The lowest BCUT2D eigenvalue weighted by Crippen LogP contribution is -2.54. The summed E-state index contributed by atoms with van der Waals surface area (Å²) in [7, 11) is 6.41. The van der Waals surface area contributed by atoms with Crippen LogP contribution in [0.25, 0.3) is 0 Å². The first-order valence-electron chi connectivity index (χ1n) is 14.8. The van der Waals surface area contributed by atoms with Crippen LogP contribution in [0, 0.1) is 11.8 Å². The van der Waals surface area contributed by atoms with E-state index in [4.69, 9.17) is 29.8 Å². The number of piperidine rings is 1. The summed E-state index contributed by atoms with van der Waals surface area (Å²) in [5.41, 5.74) is 9.17. The summed E-state index contributed by atoms with van der Waals surface area (Å²) in [6, 6.07) is 10.7. The maximum Gasteiger partial charge on any atom is 0.246 e. The molecule has 2 aromatic rings. The van der Waals surface area contributed by atoms with E-state index in [1.807, 2.05) is 41.3 Å². The van der Waals surface area contributed by atoms with Gasteiger partial charge >= 0.3 is 0 Å². The highest BCUT2D eigenvalue weighted by Gasteiger charge is 2.44. The smallest absolute Gasteiger partial charge is 0.246 e. The van der Waals surface area contributed by atoms with Crippen molar-refractivity contribution in [2.75, 3.05) is 41.5 Å². The van der Waals surface area contributed by atoms with Gasteiger partial charge in [-0.25, -0.2) is 5.01 Å². The van der Waals surface area contributed by atoms with E-state index >= 15 is 0 Å². The number of halogens is 1. The standard InChI is InChI=1S/C32H42N4O6.ClH/c1-39-26-11-9-20(18-28(26)41-3)17-25(33)32(38)35-15-13-22(14-16-35)36-31(37)24-8-6-5-7-23(24)30(34-36)21-10-12-27(40-2)29(19-21)42-4;/h9-12,18-19,22-25H,5-8,13-17,33H2,1-4H3;1H/t23-,24+,25-;/m0./s1. The topological polar surface area (TPSA) is 116 Å². The molecule has 0 aromatic heterocycles. The number of rotatable bonds is 9. The van der Waals surface area contributed by atoms with Crippen molar-refractivity contribution in [3.63, 3.8) is 0 Å². The van der Waals surface area contributed by atoms with Gasteiger partial charge in [0.2, 0.25) is 11.8 Å². The van der Waals surface area contributed by atoms with Gasteiger partial charge in [0.15, 0.2) is 23.0 Å². The molecule has 43 heavy (non-hydrogen) atoms. The predicted octanol–water partition coefficient (Wildman–Crippen LogP) is 4.06. The SMILES string of the molecule is COc1ccc(C[C@H](N)C(=O)N2CCC(N3N=C(c4ccc(OC)c(OC)c4)[C@H]4CCCC[C@H]4C3=O)CC2)cc1OC.Cl. The number of amides is 2. The van der Waals surface area contributed by atoms with Gasteiger partial charge < -0.3 is 29.6 Å². The Morgan fingerprint density at radius 1 is 0.860 bits per heavy atom. The van der Waals surface area contributed by atoms with Crippen LogP contribution in [0.2, 0.25) is 0 Å². The third-order valence-corrected chi connectivity index (χ3v) is 8.90. The summed E-state index contributed by atoms with van der Waals surface area (Å²) < 4.78 is 21.7. The molecule has 0 radical (unpaired) electrons. The molecule has 2 aromatic carbocycles. The summed E-state index contributed by atoms with van der Waals surface area (Å²) in [6.45, 7) is 1.06. The first-order valence-corrected chi connectivity index (χ1v) is 14.8. The van der Waals surface area contributed by atoms with Gasteiger partial charge in [-0.1, -0.05) is 18.9 Å². The normalized spacial score (nSPS) is 21.2. The number of fused-ring (bicyclic) bond motifs is 1. The minimum Gasteiger partial charge on any atom is -0.493 e. The van der Waals surface area contributed by atoms with E-state index in [2.05, 4.69) is 0 Å². The van der Waals surface area contributed by atoms with Crippen LogP contribution >= 0.6 is 12.4 Å². The van der Waals surface area contributed by atoms with E-state index in [9.17, 15) is 9.59 Å². The Kier molecular flexibility index (Phi) is 10.8. The lowest BCUT2D eigenvalue weighted by molar-refractivity contribution is -0.143. The second-order valence-corrected chi connectivity index (χ2v) is 11.3. The Morgan fingerprint density at radius 3 is 2.07 bits per heavy atom. The lowest BCUT2D eigenvalue weighted by atomic mass is 9.73. The van der Waals surface area contributed by atoms with Crippen LogP contribution in [0.5, 0.6) is 23.0 Å². The van der Waals surface area contributed by atoms with Gasteiger partial charge in [0.1, 0.15) is 0 Å². The second kappa shape index (κ2) is 14.3. The molecule has 1 saturated carbocycles. The van der Waals surface area contributed by atoms with Crippen molar-refractivity contribution in [1.29, 1.82) is 0 Å². The number of hydrazone groups is 1. The molecule has 2 aliphatic heterocycles. The zero-order valence-corrected chi connectivity index (χ0v) is 26.2. The van der Waals surface area contributed by atoms with Crippen molar-refractivity contribution in [1.82, 2.24) is 9.91 Å². The summed E-state index contributed by atoms with van der Waals surface area (Å²) in [5, 5.41) is 6.74. The fraction of sp³-hybridized carbons (Fsp3) is 0.531. The van der Waals surface area contributed by atoms with Crippen LogP contribution < -0.4 is 24.7 Å². The highest BCUT2D eigenvalue weighted by molar-refractivity contribution is 6.07. The fourth-order valence-electron chi connectivity index (χ4n) is 6.61. The van der Waals surface area contributed by atoms with Crippen molar-refractivity contribution in [2.24, 2.45) is 22.7 Å². The molecule has 11 heteroatoms. The zero-order chi connectivity index (χ0) is 29.8. The second-order valence-electron chi connectivity index (χ2n) is 11.3. The molecule has 234 valence electrons. The molecular formula is C32H43ClN4O6. The van der Waals surface area contributed by atoms with Gasteiger partial charge in [-0.15, -0.1) is 12.4 Å². The Bertz CT molecular complexity index is 1330. The number of hydrogen-bond acceptors (Lipinski definition) is 8. The number of nitrogens with two attached hydrogens (primary N) is 1. The van der Waals surface area contributed by atoms with Crippen molar-refractivity contribution in [2.45, 2.75) is 57.0 Å². The molecule has 10 nitrogen and oxygen atoms in total. The van der Waals surface area contributed by atoms with Gasteiger partial charge in [0, 0.05) is 30.5 Å². The largest absolute Gasteiger partial charge is 0.493 e. The molecule has 1 saturated heterocycles. The van der Waals surface area contributed by atoms with Crippen LogP contribution in [0.3, 0.4) is 0 Å². The molecule has 2 heterocycles. The fourth-order valence-corrected chi connectivity index (χ4v) is 6.61. The third-order valence-electron chi connectivity index (χ3n) is 8.90. The Hall–Kier alpha value is -3.50. The molecule has 5 rings (SSSR count). The number of carbonyl (C=O) groups is 2. The van der Waals surface area contributed by atoms with E-state index in [1.54, 1.807) is 33.4 Å². The molecule has 1 aliphatic carbocycles. The number of methoxy groups -OCH3 is 4. The average Bonchev–Trinajstić information content (AvgIpc) is 3.04. The van der Waals surface area contributed by atoms with Crippen molar-refractivity contribution >= 4 is 29.9 Å². The van der Waals surface area contributed by atoms with Gasteiger partial charge in [-0.05, 0) is 68.0 Å². The van der Waals surface area contributed by atoms with E-state index in [0.717, 1.165) is 42.5 Å². The Morgan fingerprint density at radius 2 is 1.44 bits per heavy atom. The number of carbonyl (C=O) groups excluding carboxylic acids is 2. The Balaban J connectivity index is 0.00000423. The van der Waals surface area contributed by atoms with Crippen molar-refractivity contribution in [3.05, 3.63) is 47.5 Å². The lowest BCUT2D eigenvalue weighted by Gasteiger charge is -2.43. The van der Waals surface area contributed by atoms with Crippen molar-refractivity contribution in [3.8, 4) is 23.0 Å².